The molecule has 7 nitrogen and oxygen atoms in total. The smallest absolute Gasteiger partial charge is 0.254 e. The van der Waals surface area contributed by atoms with E-state index in [0.717, 1.165) is 10.9 Å². The van der Waals surface area contributed by atoms with Gasteiger partial charge in [-0.1, -0.05) is 0 Å². The first-order chi connectivity index (χ1) is 12.9. The van der Waals surface area contributed by atoms with Gasteiger partial charge in [-0.05, 0) is 37.1 Å². The van der Waals surface area contributed by atoms with E-state index in [2.05, 4.69) is 9.35 Å². The van der Waals surface area contributed by atoms with Crippen LogP contribution in [0.25, 0.3) is 10.9 Å². The molecule has 1 aromatic heterocycles. The van der Waals surface area contributed by atoms with Crippen molar-refractivity contribution in [2.24, 2.45) is 4.36 Å². The number of rotatable bonds is 1. The summed E-state index contributed by atoms with van der Waals surface area (Å²) < 4.78 is 22.5. The standard InChI is InChI=1S/C19H23N3O4S/c1-14(23)21-27(25)10-5-19(6-11-27)13-22(8-9-26-19)18(24)16-2-3-17-15(12-16)4-7-20-17/h2-4,7,12,20H,5-6,8-11,13H2,1H3. The fraction of sp³-hybridized carbons (Fsp3) is 0.474. The van der Waals surface area contributed by atoms with Crippen molar-refractivity contribution < 1.29 is 18.5 Å². The molecule has 1 spiro atoms. The molecular formula is C19H23N3O4S. The van der Waals surface area contributed by atoms with E-state index in [-0.39, 0.29) is 5.91 Å². The van der Waals surface area contributed by atoms with Gasteiger partial charge in [-0.15, -0.1) is 0 Å². The summed E-state index contributed by atoms with van der Waals surface area (Å²) in [5, 5.41) is 1.01. The van der Waals surface area contributed by atoms with E-state index in [1.165, 1.54) is 6.92 Å². The summed E-state index contributed by atoms with van der Waals surface area (Å²) in [6, 6.07) is 7.60. The van der Waals surface area contributed by atoms with Crippen LogP contribution in [0.15, 0.2) is 34.8 Å². The lowest BCUT2D eigenvalue weighted by Gasteiger charge is -2.45. The third-order valence-electron chi connectivity index (χ3n) is 5.38. The number of aromatic amines is 1. The number of hydrogen-bond acceptors (Lipinski definition) is 4. The lowest BCUT2D eigenvalue weighted by atomic mass is 9.94. The van der Waals surface area contributed by atoms with Crippen LogP contribution < -0.4 is 0 Å². The van der Waals surface area contributed by atoms with Crippen molar-refractivity contribution in [3.63, 3.8) is 0 Å². The number of aromatic nitrogens is 1. The highest BCUT2D eigenvalue weighted by molar-refractivity contribution is 7.93. The van der Waals surface area contributed by atoms with E-state index < -0.39 is 21.2 Å². The molecule has 3 heterocycles. The molecule has 4 rings (SSSR count). The SMILES string of the molecule is CC(=O)N=S1(=O)CCC2(CC1)CN(C(=O)c1ccc3[nH]ccc3c1)CCO2. The number of fused-ring (bicyclic) bond motifs is 1. The Hall–Kier alpha value is -2.19. The van der Waals surface area contributed by atoms with E-state index >= 15 is 0 Å². The Morgan fingerprint density at radius 2 is 2.04 bits per heavy atom. The van der Waals surface area contributed by atoms with Gasteiger partial charge in [0.05, 0.1) is 28.5 Å². The molecule has 0 radical (unpaired) electrons. The minimum atomic E-state index is -2.48. The summed E-state index contributed by atoms with van der Waals surface area (Å²) >= 11 is 0. The predicted octanol–water partition coefficient (Wildman–Crippen LogP) is 2.19. The predicted molar refractivity (Wildman–Crippen MR) is 103 cm³/mol. The molecule has 0 saturated carbocycles. The van der Waals surface area contributed by atoms with Crippen molar-refractivity contribution in [2.45, 2.75) is 25.4 Å². The van der Waals surface area contributed by atoms with Gasteiger partial charge in [0, 0.05) is 47.6 Å². The van der Waals surface area contributed by atoms with Crippen molar-refractivity contribution >= 4 is 32.4 Å². The average molecular weight is 389 g/mol. The molecule has 0 bridgehead atoms. The Labute approximate surface area is 158 Å². The zero-order chi connectivity index (χ0) is 19.1. The molecule has 1 N–H and O–H groups in total. The lowest BCUT2D eigenvalue weighted by molar-refractivity contribution is -0.115. The highest BCUT2D eigenvalue weighted by Gasteiger charge is 2.42. The number of carbonyl (C=O) groups excluding carboxylic acids is 2. The first-order valence-corrected chi connectivity index (χ1v) is 11.0. The normalized spacial score (nSPS) is 28.4. The number of carbonyl (C=O) groups is 2. The number of benzene rings is 1. The van der Waals surface area contributed by atoms with Crippen LogP contribution in [0.3, 0.4) is 0 Å². The van der Waals surface area contributed by atoms with Crippen LogP contribution in [0.5, 0.6) is 0 Å². The van der Waals surface area contributed by atoms with Crippen molar-refractivity contribution in [1.29, 1.82) is 0 Å². The second-order valence-corrected chi connectivity index (χ2v) is 9.87. The molecule has 2 saturated heterocycles. The van der Waals surface area contributed by atoms with E-state index in [0.29, 0.717) is 49.6 Å². The molecule has 0 atom stereocenters. The maximum atomic E-state index is 13.0. The summed E-state index contributed by atoms with van der Waals surface area (Å²) in [5.41, 5.74) is 1.17. The van der Waals surface area contributed by atoms with Crippen LogP contribution in [-0.2, 0) is 19.3 Å². The fourth-order valence-electron chi connectivity index (χ4n) is 3.93. The lowest BCUT2D eigenvalue weighted by Crippen LogP contribution is -2.56. The maximum Gasteiger partial charge on any atom is 0.254 e. The zero-order valence-electron chi connectivity index (χ0n) is 15.3. The van der Waals surface area contributed by atoms with Gasteiger partial charge < -0.3 is 14.6 Å². The molecule has 2 aromatic rings. The molecule has 0 aliphatic carbocycles. The van der Waals surface area contributed by atoms with Gasteiger partial charge in [0.1, 0.15) is 0 Å². The Balaban J connectivity index is 1.50. The van der Waals surface area contributed by atoms with E-state index in [1.54, 1.807) is 0 Å². The molecule has 144 valence electrons. The third kappa shape index (κ3) is 3.64. The van der Waals surface area contributed by atoms with Crippen LogP contribution in [0.4, 0.5) is 0 Å². The second kappa shape index (κ2) is 6.76. The van der Waals surface area contributed by atoms with Crippen LogP contribution in [-0.4, -0.2) is 62.7 Å². The Morgan fingerprint density at radius 3 is 2.78 bits per heavy atom. The molecule has 2 aliphatic rings. The Kier molecular flexibility index (Phi) is 4.55. The van der Waals surface area contributed by atoms with Gasteiger partial charge in [-0.3, -0.25) is 9.59 Å². The number of nitrogens with zero attached hydrogens (tertiary/aromatic N) is 2. The average Bonchev–Trinajstić information content (AvgIpc) is 3.11. The minimum Gasteiger partial charge on any atom is -0.371 e. The van der Waals surface area contributed by atoms with Crippen LogP contribution in [0, 0.1) is 0 Å². The summed E-state index contributed by atoms with van der Waals surface area (Å²) in [5.74, 6) is 0.270. The van der Waals surface area contributed by atoms with Gasteiger partial charge in [-0.2, -0.15) is 4.36 Å². The van der Waals surface area contributed by atoms with Gasteiger partial charge in [0.15, 0.2) is 0 Å². The molecule has 2 amide bonds. The first-order valence-electron chi connectivity index (χ1n) is 9.12. The van der Waals surface area contributed by atoms with Crippen molar-refractivity contribution in [3.05, 3.63) is 36.0 Å². The molecule has 2 fully saturated rings. The maximum absolute atomic E-state index is 13.0. The van der Waals surface area contributed by atoms with E-state index in [1.807, 2.05) is 35.4 Å². The fourth-order valence-corrected chi connectivity index (χ4v) is 6.17. The molecule has 1 aromatic carbocycles. The van der Waals surface area contributed by atoms with Crippen LogP contribution in [0.1, 0.15) is 30.1 Å². The highest BCUT2D eigenvalue weighted by Crippen LogP contribution is 2.32. The van der Waals surface area contributed by atoms with Gasteiger partial charge in [-0.25, -0.2) is 4.21 Å². The van der Waals surface area contributed by atoms with Gasteiger partial charge >= 0.3 is 0 Å². The summed E-state index contributed by atoms with van der Waals surface area (Å²) in [6.45, 7) is 2.81. The first kappa shape index (κ1) is 18.2. The minimum absolute atomic E-state index is 0.0134. The Bertz CT molecular complexity index is 1000. The largest absolute Gasteiger partial charge is 0.371 e. The number of amides is 2. The molecule has 8 heteroatoms. The zero-order valence-corrected chi connectivity index (χ0v) is 16.1. The summed E-state index contributed by atoms with van der Waals surface area (Å²) in [6.07, 6.45) is 2.95. The molecular weight excluding hydrogens is 366 g/mol. The second-order valence-electron chi connectivity index (χ2n) is 7.33. The van der Waals surface area contributed by atoms with Gasteiger partial charge in [0.25, 0.3) is 11.8 Å². The quantitative estimate of drug-likeness (QED) is 0.809. The molecule has 2 aliphatic heterocycles. The summed E-state index contributed by atoms with van der Waals surface area (Å²) in [7, 11) is -2.48. The van der Waals surface area contributed by atoms with Crippen molar-refractivity contribution in [3.8, 4) is 0 Å². The third-order valence-corrected chi connectivity index (χ3v) is 7.66. The molecule has 27 heavy (non-hydrogen) atoms. The van der Waals surface area contributed by atoms with Crippen molar-refractivity contribution in [1.82, 2.24) is 9.88 Å². The number of nitrogens with one attached hydrogen (secondary N) is 1. The number of H-pyrrole nitrogens is 1. The van der Waals surface area contributed by atoms with E-state index in [9.17, 15) is 13.8 Å². The highest BCUT2D eigenvalue weighted by atomic mass is 32.2. The Morgan fingerprint density at radius 1 is 1.26 bits per heavy atom. The van der Waals surface area contributed by atoms with Gasteiger partial charge in [0.2, 0.25) is 0 Å². The van der Waals surface area contributed by atoms with Crippen LogP contribution >= 0.6 is 0 Å². The van der Waals surface area contributed by atoms with E-state index in [4.69, 9.17) is 4.74 Å². The van der Waals surface area contributed by atoms with Crippen LogP contribution in [0.2, 0.25) is 0 Å². The number of ether oxygens (including phenoxy) is 1. The monoisotopic (exact) mass is 389 g/mol. The topological polar surface area (TPSA) is 91.8 Å². The summed E-state index contributed by atoms with van der Waals surface area (Å²) in [4.78, 5) is 29.2. The van der Waals surface area contributed by atoms with Crippen molar-refractivity contribution in [2.75, 3.05) is 31.2 Å². The number of morpholine rings is 1. The molecule has 0 unspecified atom stereocenters. The number of hydrogen-bond donors (Lipinski definition) is 1.